The zero-order valence-corrected chi connectivity index (χ0v) is 26.6. The van der Waals surface area contributed by atoms with Crippen LogP contribution < -0.4 is 15.4 Å². The Morgan fingerprint density at radius 3 is 2.76 bits per heavy atom. The van der Waals surface area contributed by atoms with Gasteiger partial charge in [0.1, 0.15) is 29.3 Å². The normalized spacial score (nSPS) is 15.9. The number of aliphatic hydroxyl groups is 1. The topological polar surface area (TPSA) is 135 Å². The van der Waals surface area contributed by atoms with Gasteiger partial charge in [0.05, 0.1) is 42.1 Å². The van der Waals surface area contributed by atoms with E-state index in [0.29, 0.717) is 53.7 Å². The predicted molar refractivity (Wildman–Crippen MR) is 170 cm³/mol. The number of hydrogen-bond donors (Lipinski definition) is 3. The summed E-state index contributed by atoms with van der Waals surface area (Å²) in [6.07, 6.45) is 4.54. The summed E-state index contributed by atoms with van der Waals surface area (Å²) in [4.78, 5) is 35.9. The number of nitrogens with one attached hydrogen (secondary N) is 2. The number of ether oxygens (including phenoxy) is 3. The van der Waals surface area contributed by atoms with Crippen LogP contribution in [0.15, 0.2) is 48.8 Å². The van der Waals surface area contributed by atoms with E-state index in [-0.39, 0.29) is 30.6 Å². The first kappa shape index (κ1) is 34.0. The molecular formula is C32H39ClFN5O6. The van der Waals surface area contributed by atoms with Gasteiger partial charge in [-0.2, -0.15) is 0 Å². The molecule has 2 aromatic carbocycles. The van der Waals surface area contributed by atoms with Crippen LogP contribution in [0.3, 0.4) is 0 Å². The van der Waals surface area contributed by atoms with Crippen LogP contribution in [0.1, 0.15) is 34.1 Å². The molecule has 0 bridgehead atoms. The van der Waals surface area contributed by atoms with Gasteiger partial charge in [0, 0.05) is 48.8 Å². The Labute approximate surface area is 266 Å². The second-order valence-corrected chi connectivity index (χ2v) is 12.3. The maximum Gasteiger partial charge on any atom is 0.320 e. The Morgan fingerprint density at radius 2 is 2.07 bits per heavy atom. The first-order valence-corrected chi connectivity index (χ1v) is 15.0. The zero-order valence-electron chi connectivity index (χ0n) is 25.8. The fourth-order valence-electron chi connectivity index (χ4n) is 4.65. The van der Waals surface area contributed by atoms with E-state index in [1.807, 2.05) is 0 Å². The van der Waals surface area contributed by atoms with E-state index >= 15 is 0 Å². The van der Waals surface area contributed by atoms with Crippen LogP contribution in [0.4, 0.5) is 21.6 Å². The van der Waals surface area contributed by atoms with Crippen molar-refractivity contribution in [3.8, 4) is 5.75 Å². The standard InChI is InChI=1S/C32H39ClFN5O6/c1-20(40)15-39(16-30(42)45-32(2,3)4)10-5-6-29(41)38-27-13-23-26(14-28(27)44-18-21-9-11-43-17-21)35-19-36-31(23)37-22-7-8-25(34)24(33)12-22/h5-8,12-14,19-21,40H,9-11,15-18H2,1-4H3,(H,38,41)(H,35,36,37)/b6-5+/t20-,21?/m1/s1. The van der Waals surface area contributed by atoms with Crippen molar-refractivity contribution in [2.24, 2.45) is 5.92 Å². The SMILES string of the molecule is C[C@@H](O)CN(C/C=C/C(=O)Nc1cc2c(Nc3ccc(F)c(Cl)c3)ncnc2cc1OCC1CCOC1)CC(=O)OC(C)(C)C. The van der Waals surface area contributed by atoms with E-state index in [1.54, 1.807) is 50.8 Å². The number of halogens is 2. The number of hydrogen-bond acceptors (Lipinski definition) is 10. The molecule has 3 aromatic rings. The minimum atomic E-state index is -0.687. The molecule has 45 heavy (non-hydrogen) atoms. The predicted octanol–water partition coefficient (Wildman–Crippen LogP) is 5.10. The average Bonchev–Trinajstić information content (AvgIpc) is 3.46. The largest absolute Gasteiger partial charge is 0.491 e. The average molecular weight is 644 g/mol. The first-order chi connectivity index (χ1) is 21.4. The number of nitrogens with zero attached hydrogens (tertiary/aromatic N) is 3. The van der Waals surface area contributed by atoms with Gasteiger partial charge < -0.3 is 30.0 Å². The minimum absolute atomic E-state index is 0.0391. The van der Waals surface area contributed by atoms with Gasteiger partial charge in [-0.25, -0.2) is 14.4 Å². The lowest BCUT2D eigenvalue weighted by atomic mass is 10.1. The van der Waals surface area contributed by atoms with Crippen LogP contribution in [0.5, 0.6) is 5.75 Å². The van der Waals surface area contributed by atoms with Gasteiger partial charge in [-0.15, -0.1) is 0 Å². The van der Waals surface area contributed by atoms with Crippen LogP contribution in [0.25, 0.3) is 10.9 Å². The van der Waals surface area contributed by atoms with Crippen LogP contribution in [-0.4, -0.2) is 83.0 Å². The third kappa shape index (κ3) is 10.6. The summed E-state index contributed by atoms with van der Waals surface area (Å²) < 4.78 is 30.7. The van der Waals surface area contributed by atoms with E-state index in [9.17, 15) is 19.1 Å². The lowest BCUT2D eigenvalue weighted by Gasteiger charge is -2.25. The van der Waals surface area contributed by atoms with Crippen LogP contribution in [0, 0.1) is 11.7 Å². The smallest absolute Gasteiger partial charge is 0.320 e. The summed E-state index contributed by atoms with van der Waals surface area (Å²) in [5.74, 6) is -0.344. The van der Waals surface area contributed by atoms with Gasteiger partial charge in [-0.3, -0.25) is 14.5 Å². The highest BCUT2D eigenvalue weighted by Gasteiger charge is 2.21. The Morgan fingerprint density at radius 1 is 1.27 bits per heavy atom. The van der Waals surface area contributed by atoms with Crippen molar-refractivity contribution in [2.45, 2.75) is 45.8 Å². The molecule has 2 heterocycles. The molecule has 1 aliphatic rings. The van der Waals surface area contributed by atoms with Crippen molar-refractivity contribution in [3.63, 3.8) is 0 Å². The number of esters is 1. The lowest BCUT2D eigenvalue weighted by molar-refractivity contribution is -0.156. The van der Waals surface area contributed by atoms with Gasteiger partial charge in [-0.1, -0.05) is 17.7 Å². The molecule has 3 N–H and O–H groups in total. The number of amides is 1. The molecule has 2 atom stereocenters. The van der Waals surface area contributed by atoms with Crippen LogP contribution >= 0.6 is 11.6 Å². The van der Waals surface area contributed by atoms with E-state index in [0.717, 1.165) is 6.42 Å². The van der Waals surface area contributed by atoms with Crippen molar-refractivity contribution in [3.05, 3.63) is 59.7 Å². The Bertz CT molecular complexity index is 1520. The summed E-state index contributed by atoms with van der Waals surface area (Å²) in [6, 6.07) is 7.66. The number of benzene rings is 2. The highest BCUT2D eigenvalue weighted by atomic mass is 35.5. The molecule has 1 fully saturated rings. The molecule has 0 aliphatic carbocycles. The van der Waals surface area contributed by atoms with Crippen molar-refractivity contribution < 1.29 is 33.3 Å². The summed E-state index contributed by atoms with van der Waals surface area (Å²) >= 11 is 5.96. The highest BCUT2D eigenvalue weighted by molar-refractivity contribution is 6.31. The molecule has 13 heteroatoms. The Kier molecular flexibility index (Phi) is 11.7. The number of carbonyl (C=O) groups is 2. The number of rotatable bonds is 13. The Hall–Kier alpha value is -3.84. The van der Waals surface area contributed by atoms with E-state index in [4.69, 9.17) is 25.8 Å². The highest BCUT2D eigenvalue weighted by Crippen LogP contribution is 2.34. The molecule has 1 saturated heterocycles. The fraction of sp³-hybridized carbons (Fsp3) is 0.438. The maximum absolute atomic E-state index is 13.7. The second kappa shape index (κ2) is 15.4. The van der Waals surface area contributed by atoms with Crippen LogP contribution in [0.2, 0.25) is 5.02 Å². The summed E-state index contributed by atoms with van der Waals surface area (Å²) in [5, 5.41) is 16.5. The van der Waals surface area contributed by atoms with Gasteiger partial charge in [-0.05, 0) is 58.4 Å². The molecule has 0 spiro atoms. The maximum atomic E-state index is 13.7. The number of carbonyl (C=O) groups excluding carboxylic acids is 2. The minimum Gasteiger partial charge on any atom is -0.491 e. The molecule has 4 rings (SSSR count). The summed E-state index contributed by atoms with van der Waals surface area (Å²) in [5.41, 5.74) is 0.827. The molecule has 0 saturated carbocycles. The number of aliphatic hydroxyl groups excluding tert-OH is 1. The monoisotopic (exact) mass is 643 g/mol. The fourth-order valence-corrected chi connectivity index (χ4v) is 4.83. The summed E-state index contributed by atoms with van der Waals surface area (Å²) in [7, 11) is 0. The molecular weight excluding hydrogens is 605 g/mol. The zero-order chi connectivity index (χ0) is 32.6. The van der Waals surface area contributed by atoms with Gasteiger partial charge >= 0.3 is 5.97 Å². The molecule has 1 aliphatic heterocycles. The van der Waals surface area contributed by atoms with Gasteiger partial charge in [0.25, 0.3) is 0 Å². The summed E-state index contributed by atoms with van der Waals surface area (Å²) in [6.45, 7) is 9.03. The third-order valence-corrected chi connectivity index (χ3v) is 6.89. The quantitative estimate of drug-likeness (QED) is 0.171. The Balaban J connectivity index is 1.54. The number of fused-ring (bicyclic) bond motifs is 1. The van der Waals surface area contributed by atoms with Crippen molar-refractivity contribution in [2.75, 3.05) is 50.1 Å². The first-order valence-electron chi connectivity index (χ1n) is 14.7. The molecule has 1 aromatic heterocycles. The van der Waals surface area contributed by atoms with Gasteiger partial charge in [0.2, 0.25) is 5.91 Å². The molecule has 1 amide bonds. The van der Waals surface area contributed by atoms with Gasteiger partial charge in [0.15, 0.2) is 0 Å². The van der Waals surface area contributed by atoms with Crippen molar-refractivity contribution >= 4 is 51.6 Å². The van der Waals surface area contributed by atoms with E-state index < -0.39 is 29.4 Å². The van der Waals surface area contributed by atoms with Crippen molar-refractivity contribution in [1.82, 2.24) is 14.9 Å². The molecule has 242 valence electrons. The third-order valence-electron chi connectivity index (χ3n) is 6.60. The molecule has 0 radical (unpaired) electrons. The number of aromatic nitrogens is 2. The lowest BCUT2D eigenvalue weighted by Crippen LogP contribution is -2.38. The molecule has 1 unspecified atom stereocenters. The van der Waals surface area contributed by atoms with E-state index in [1.165, 1.54) is 30.6 Å². The van der Waals surface area contributed by atoms with Crippen LogP contribution in [-0.2, 0) is 19.1 Å². The van der Waals surface area contributed by atoms with Crippen molar-refractivity contribution in [1.29, 1.82) is 0 Å². The van der Waals surface area contributed by atoms with E-state index in [2.05, 4.69) is 20.6 Å². The second-order valence-electron chi connectivity index (χ2n) is 11.9. The number of anilines is 3. The molecule has 11 nitrogen and oxygen atoms in total.